The lowest BCUT2D eigenvalue weighted by Gasteiger charge is -2.08. The normalized spacial score (nSPS) is 11.9. The van der Waals surface area contributed by atoms with Crippen molar-refractivity contribution >= 4 is 10.4 Å². The molecule has 0 saturated heterocycles. The number of hydrogen-bond acceptors (Lipinski definition) is 8. The van der Waals surface area contributed by atoms with E-state index >= 15 is 0 Å². The summed E-state index contributed by atoms with van der Waals surface area (Å²) in [5, 5.41) is 0. The maximum absolute atomic E-state index is 10.3. The van der Waals surface area contributed by atoms with E-state index in [0.29, 0.717) is 52.9 Å². The van der Waals surface area contributed by atoms with Crippen molar-refractivity contribution in [2.75, 3.05) is 72.7 Å². The summed E-state index contributed by atoms with van der Waals surface area (Å²) in [6, 6.07) is 0. The summed E-state index contributed by atoms with van der Waals surface area (Å²) in [6.45, 7) is 6.70. The predicted octanol–water partition coefficient (Wildman–Crippen LogP) is 4.59. The Balaban J connectivity index is 3.04. The molecule has 0 spiro atoms. The third kappa shape index (κ3) is 31.7. The van der Waals surface area contributed by atoms with Crippen molar-refractivity contribution in [2.45, 2.75) is 84.0 Å². The minimum atomic E-state index is -4.40. The molecule has 0 aromatic carbocycles. The number of ether oxygens (including phenoxy) is 5. The van der Waals surface area contributed by atoms with Gasteiger partial charge in [-0.25, -0.2) is 4.18 Å². The zero-order valence-corrected chi connectivity index (χ0v) is 22.2. The maximum Gasteiger partial charge on any atom is 0.397 e. The largest absolute Gasteiger partial charge is 0.397 e. The molecule has 0 radical (unpaired) electrons. The molecule has 0 fully saturated rings. The summed E-state index contributed by atoms with van der Waals surface area (Å²) in [6.07, 6.45) is 16.2. The molecule has 34 heavy (non-hydrogen) atoms. The van der Waals surface area contributed by atoms with Gasteiger partial charge < -0.3 is 23.7 Å². The summed E-state index contributed by atoms with van der Waals surface area (Å²) in [7, 11) is -4.40. The van der Waals surface area contributed by atoms with Gasteiger partial charge in [0.15, 0.2) is 0 Å². The standard InChI is InChI=1S/C24H50O9S/c1-2-3-4-5-6-7-8-9-10-11-12-13-14-28-15-16-29-17-18-30-19-20-31-21-22-32-23-24-33-34(25,26)27/h2-24H2,1H3,(H,25,26,27). The van der Waals surface area contributed by atoms with E-state index in [1.165, 1.54) is 70.6 Å². The summed E-state index contributed by atoms with van der Waals surface area (Å²) in [4.78, 5) is 0. The first-order chi connectivity index (χ1) is 16.6. The van der Waals surface area contributed by atoms with Crippen LogP contribution in [0.4, 0.5) is 0 Å². The lowest BCUT2D eigenvalue weighted by atomic mass is 10.1. The quantitative estimate of drug-likeness (QED) is 0.113. The lowest BCUT2D eigenvalue weighted by Crippen LogP contribution is -2.14. The molecule has 0 atom stereocenters. The van der Waals surface area contributed by atoms with Gasteiger partial charge in [0.25, 0.3) is 0 Å². The Morgan fingerprint density at radius 1 is 0.441 bits per heavy atom. The second-order valence-electron chi connectivity index (χ2n) is 8.20. The van der Waals surface area contributed by atoms with Gasteiger partial charge in [0, 0.05) is 6.61 Å². The first kappa shape index (κ1) is 33.7. The summed E-state index contributed by atoms with van der Waals surface area (Å²) in [5.74, 6) is 0. The van der Waals surface area contributed by atoms with Gasteiger partial charge in [-0.1, -0.05) is 77.6 Å². The summed E-state index contributed by atoms with van der Waals surface area (Å²) < 4.78 is 59.9. The molecule has 0 aromatic rings. The van der Waals surface area contributed by atoms with Gasteiger partial charge in [-0.05, 0) is 6.42 Å². The molecule has 0 aromatic heterocycles. The molecule has 10 heteroatoms. The molecular weight excluding hydrogens is 464 g/mol. The van der Waals surface area contributed by atoms with Crippen molar-refractivity contribution < 1.29 is 40.8 Å². The van der Waals surface area contributed by atoms with Crippen LogP contribution in [-0.4, -0.2) is 85.6 Å². The van der Waals surface area contributed by atoms with Gasteiger partial charge in [0.2, 0.25) is 0 Å². The van der Waals surface area contributed by atoms with Crippen LogP contribution in [0.15, 0.2) is 0 Å². The first-order valence-corrected chi connectivity index (χ1v) is 14.4. The van der Waals surface area contributed by atoms with E-state index in [-0.39, 0.29) is 13.2 Å². The molecule has 0 amide bonds. The zero-order valence-electron chi connectivity index (χ0n) is 21.4. The fraction of sp³-hybridized carbons (Fsp3) is 1.00. The molecule has 0 bridgehead atoms. The van der Waals surface area contributed by atoms with Crippen molar-refractivity contribution in [3.8, 4) is 0 Å². The molecule has 206 valence electrons. The highest BCUT2D eigenvalue weighted by molar-refractivity contribution is 7.80. The van der Waals surface area contributed by atoms with Crippen molar-refractivity contribution in [1.82, 2.24) is 0 Å². The fourth-order valence-corrected chi connectivity index (χ4v) is 3.50. The third-order valence-corrected chi connectivity index (χ3v) is 5.55. The molecule has 0 saturated carbocycles. The van der Waals surface area contributed by atoms with E-state index in [0.717, 1.165) is 13.0 Å². The molecule has 0 aliphatic rings. The van der Waals surface area contributed by atoms with Gasteiger partial charge in [-0.15, -0.1) is 0 Å². The van der Waals surface area contributed by atoms with Gasteiger partial charge >= 0.3 is 10.4 Å². The average molecular weight is 515 g/mol. The molecule has 0 rings (SSSR count). The smallest absolute Gasteiger partial charge is 0.379 e. The van der Waals surface area contributed by atoms with Crippen LogP contribution in [0.3, 0.4) is 0 Å². The molecule has 0 aliphatic heterocycles. The minimum absolute atomic E-state index is 0.0556. The Hall–Kier alpha value is -0.330. The second kappa shape index (κ2) is 27.3. The van der Waals surface area contributed by atoms with Crippen molar-refractivity contribution in [1.29, 1.82) is 0 Å². The van der Waals surface area contributed by atoms with E-state index in [2.05, 4.69) is 11.1 Å². The van der Waals surface area contributed by atoms with Gasteiger partial charge in [0.05, 0.1) is 66.1 Å². The topological polar surface area (TPSA) is 110 Å². The monoisotopic (exact) mass is 514 g/mol. The minimum Gasteiger partial charge on any atom is -0.379 e. The Morgan fingerprint density at radius 3 is 1.09 bits per heavy atom. The van der Waals surface area contributed by atoms with Crippen LogP contribution in [0.25, 0.3) is 0 Å². The van der Waals surface area contributed by atoms with Crippen LogP contribution in [0.5, 0.6) is 0 Å². The Bertz CT molecular complexity index is 489. The summed E-state index contributed by atoms with van der Waals surface area (Å²) in [5.41, 5.74) is 0. The molecule has 9 nitrogen and oxygen atoms in total. The van der Waals surface area contributed by atoms with Crippen molar-refractivity contribution in [2.24, 2.45) is 0 Å². The second-order valence-corrected chi connectivity index (χ2v) is 9.29. The Morgan fingerprint density at radius 2 is 0.735 bits per heavy atom. The fourth-order valence-electron chi connectivity index (χ4n) is 3.23. The van der Waals surface area contributed by atoms with Crippen LogP contribution in [0, 0.1) is 0 Å². The third-order valence-electron chi connectivity index (χ3n) is 5.09. The van der Waals surface area contributed by atoms with Crippen LogP contribution >= 0.6 is 0 Å². The van der Waals surface area contributed by atoms with Crippen molar-refractivity contribution in [3.05, 3.63) is 0 Å². The molecule has 0 unspecified atom stereocenters. The van der Waals surface area contributed by atoms with Crippen LogP contribution < -0.4 is 0 Å². The highest BCUT2D eigenvalue weighted by Crippen LogP contribution is 2.11. The Labute approximate surface area is 208 Å². The van der Waals surface area contributed by atoms with E-state index < -0.39 is 10.4 Å². The highest BCUT2D eigenvalue weighted by atomic mass is 32.3. The molecular formula is C24H50O9S. The number of hydrogen-bond donors (Lipinski definition) is 1. The van der Waals surface area contributed by atoms with Gasteiger partial charge in [-0.2, -0.15) is 8.42 Å². The lowest BCUT2D eigenvalue weighted by molar-refractivity contribution is -0.0129. The molecule has 0 aliphatic carbocycles. The predicted molar refractivity (Wildman–Crippen MR) is 133 cm³/mol. The SMILES string of the molecule is CCCCCCCCCCCCCCOCCOCCOCCOCCOCCOS(=O)(=O)O. The van der Waals surface area contributed by atoms with E-state index in [4.69, 9.17) is 28.2 Å². The van der Waals surface area contributed by atoms with Crippen LogP contribution in [0.2, 0.25) is 0 Å². The van der Waals surface area contributed by atoms with Gasteiger partial charge in [0.1, 0.15) is 0 Å². The average Bonchev–Trinajstić information content (AvgIpc) is 2.80. The zero-order chi connectivity index (χ0) is 25.0. The van der Waals surface area contributed by atoms with Gasteiger partial charge in [-0.3, -0.25) is 4.55 Å². The number of rotatable bonds is 29. The van der Waals surface area contributed by atoms with E-state index in [1.807, 2.05) is 0 Å². The Kier molecular flexibility index (Phi) is 27.0. The van der Waals surface area contributed by atoms with Crippen LogP contribution in [0.1, 0.15) is 84.0 Å². The maximum atomic E-state index is 10.3. The van der Waals surface area contributed by atoms with Crippen LogP contribution in [-0.2, 0) is 38.3 Å². The molecule has 1 N–H and O–H groups in total. The molecule has 0 heterocycles. The number of unbranched alkanes of at least 4 members (excludes halogenated alkanes) is 11. The highest BCUT2D eigenvalue weighted by Gasteiger charge is 2.02. The van der Waals surface area contributed by atoms with E-state index in [1.54, 1.807) is 0 Å². The summed E-state index contributed by atoms with van der Waals surface area (Å²) >= 11 is 0. The van der Waals surface area contributed by atoms with E-state index in [9.17, 15) is 8.42 Å². The van der Waals surface area contributed by atoms with Crippen molar-refractivity contribution in [3.63, 3.8) is 0 Å². The first-order valence-electron chi connectivity index (χ1n) is 13.1.